The number of amides is 1. The molecule has 208 valence electrons. The molecule has 1 amide bonds. The molecule has 1 unspecified atom stereocenters. The standard InChI is InChI=1S/C29H30F3NO6/c1-2-37-27(28(34)35)18-21-7-11-23(12-8-21)38-17-16-33(15-3-4-20-5-9-22(30)10-6-20)29(36)39-24-13-14-25(31)26(32)19-24/h5-14,19,27H,2-4,15-18H2,1H3,(H,34,35). The van der Waals surface area contributed by atoms with E-state index in [0.29, 0.717) is 18.6 Å². The highest BCUT2D eigenvalue weighted by Crippen LogP contribution is 2.18. The van der Waals surface area contributed by atoms with Gasteiger partial charge in [0.1, 0.15) is 23.9 Å². The molecule has 0 saturated heterocycles. The first kappa shape index (κ1) is 29.5. The number of carboxylic acids is 1. The number of hydrogen-bond acceptors (Lipinski definition) is 5. The molecule has 0 heterocycles. The van der Waals surface area contributed by atoms with Gasteiger partial charge in [-0.2, -0.15) is 0 Å². The number of rotatable bonds is 14. The molecular formula is C29H30F3NO6. The summed E-state index contributed by atoms with van der Waals surface area (Å²) >= 11 is 0. The lowest BCUT2D eigenvalue weighted by Gasteiger charge is -2.22. The molecule has 3 rings (SSSR count). The number of aryl methyl sites for hydroxylation is 1. The molecule has 7 nitrogen and oxygen atoms in total. The molecule has 0 aliphatic rings. The topological polar surface area (TPSA) is 85.3 Å². The van der Waals surface area contributed by atoms with Gasteiger partial charge < -0.3 is 24.2 Å². The average molecular weight is 546 g/mol. The van der Waals surface area contributed by atoms with Crippen molar-refractivity contribution >= 4 is 12.1 Å². The molecule has 0 aliphatic heterocycles. The van der Waals surface area contributed by atoms with Crippen molar-refractivity contribution in [2.45, 2.75) is 32.3 Å². The van der Waals surface area contributed by atoms with Gasteiger partial charge in [-0.3, -0.25) is 0 Å². The van der Waals surface area contributed by atoms with Crippen molar-refractivity contribution in [3.05, 3.63) is 95.3 Å². The van der Waals surface area contributed by atoms with Crippen molar-refractivity contribution in [1.29, 1.82) is 0 Å². The predicted octanol–water partition coefficient (Wildman–Crippen LogP) is 5.65. The van der Waals surface area contributed by atoms with E-state index in [2.05, 4.69) is 0 Å². The summed E-state index contributed by atoms with van der Waals surface area (Å²) in [5.74, 6) is -3.18. The maximum Gasteiger partial charge on any atom is 0.415 e. The predicted molar refractivity (Wildman–Crippen MR) is 137 cm³/mol. The van der Waals surface area contributed by atoms with Crippen LogP contribution in [-0.2, 0) is 22.4 Å². The first-order valence-corrected chi connectivity index (χ1v) is 12.5. The highest BCUT2D eigenvalue weighted by atomic mass is 19.2. The van der Waals surface area contributed by atoms with E-state index in [1.54, 1.807) is 43.3 Å². The summed E-state index contributed by atoms with van der Waals surface area (Å²) in [6, 6.07) is 15.7. The molecule has 10 heteroatoms. The molecule has 3 aromatic rings. The molecule has 3 aromatic carbocycles. The van der Waals surface area contributed by atoms with E-state index in [1.165, 1.54) is 17.0 Å². The molecule has 0 bridgehead atoms. The summed E-state index contributed by atoms with van der Waals surface area (Å²) in [6.45, 7) is 2.54. The van der Waals surface area contributed by atoms with Crippen LogP contribution >= 0.6 is 0 Å². The largest absolute Gasteiger partial charge is 0.492 e. The summed E-state index contributed by atoms with van der Waals surface area (Å²) in [6.07, 6.45) is -0.365. The van der Waals surface area contributed by atoms with E-state index >= 15 is 0 Å². The summed E-state index contributed by atoms with van der Waals surface area (Å²) in [5.41, 5.74) is 1.66. The van der Waals surface area contributed by atoms with Gasteiger partial charge in [-0.25, -0.2) is 22.8 Å². The molecule has 1 N–H and O–H groups in total. The van der Waals surface area contributed by atoms with Crippen LogP contribution in [0.4, 0.5) is 18.0 Å². The van der Waals surface area contributed by atoms with Crippen LogP contribution < -0.4 is 9.47 Å². The highest BCUT2D eigenvalue weighted by Gasteiger charge is 2.19. The number of carbonyl (C=O) groups is 2. The van der Waals surface area contributed by atoms with Crippen molar-refractivity contribution in [3.63, 3.8) is 0 Å². The Balaban J connectivity index is 1.58. The SMILES string of the molecule is CCOC(Cc1ccc(OCCN(CCCc2ccc(F)cc2)C(=O)Oc2ccc(F)c(F)c2)cc1)C(=O)O. The van der Waals surface area contributed by atoms with Crippen LogP contribution in [0.1, 0.15) is 24.5 Å². The Morgan fingerprint density at radius 2 is 1.54 bits per heavy atom. The van der Waals surface area contributed by atoms with Crippen molar-refractivity contribution in [2.75, 3.05) is 26.3 Å². The average Bonchev–Trinajstić information content (AvgIpc) is 2.91. The number of carbonyl (C=O) groups excluding carboxylic acids is 1. The number of carboxylic acid groups (broad SMARTS) is 1. The van der Waals surface area contributed by atoms with Crippen LogP contribution in [0.15, 0.2) is 66.7 Å². The Morgan fingerprint density at radius 1 is 0.872 bits per heavy atom. The Labute approximate surface area is 224 Å². The molecule has 0 aliphatic carbocycles. The number of benzene rings is 3. The first-order valence-electron chi connectivity index (χ1n) is 12.5. The van der Waals surface area contributed by atoms with Gasteiger partial charge in [-0.1, -0.05) is 24.3 Å². The Bertz CT molecular complexity index is 1220. The van der Waals surface area contributed by atoms with E-state index in [9.17, 15) is 27.9 Å². The maximum atomic E-state index is 13.6. The number of ether oxygens (including phenoxy) is 3. The van der Waals surface area contributed by atoms with Crippen LogP contribution in [0.25, 0.3) is 0 Å². The Hall–Kier alpha value is -4.05. The summed E-state index contributed by atoms with van der Waals surface area (Å²) in [5, 5.41) is 9.25. The smallest absolute Gasteiger partial charge is 0.415 e. The third kappa shape index (κ3) is 9.64. The van der Waals surface area contributed by atoms with Gasteiger partial charge in [0.2, 0.25) is 0 Å². The molecule has 0 spiro atoms. The van der Waals surface area contributed by atoms with Crippen molar-refractivity contribution in [2.24, 2.45) is 0 Å². The second-order valence-corrected chi connectivity index (χ2v) is 8.64. The fourth-order valence-electron chi connectivity index (χ4n) is 3.75. The zero-order valence-electron chi connectivity index (χ0n) is 21.4. The molecule has 39 heavy (non-hydrogen) atoms. The molecular weight excluding hydrogens is 515 g/mol. The highest BCUT2D eigenvalue weighted by molar-refractivity contribution is 5.72. The maximum absolute atomic E-state index is 13.6. The second-order valence-electron chi connectivity index (χ2n) is 8.64. The van der Waals surface area contributed by atoms with Gasteiger partial charge in [0.05, 0.1) is 6.54 Å². The van der Waals surface area contributed by atoms with Gasteiger partial charge >= 0.3 is 12.1 Å². The number of nitrogens with zero attached hydrogens (tertiary/aromatic N) is 1. The molecule has 0 saturated carbocycles. The zero-order valence-corrected chi connectivity index (χ0v) is 21.4. The lowest BCUT2D eigenvalue weighted by Crippen LogP contribution is -2.37. The third-order valence-electron chi connectivity index (χ3n) is 5.78. The van der Waals surface area contributed by atoms with Crippen LogP contribution in [0.5, 0.6) is 11.5 Å². The second kappa shape index (κ2) is 14.8. The molecule has 0 fully saturated rings. The van der Waals surface area contributed by atoms with E-state index in [4.69, 9.17) is 14.2 Å². The number of aliphatic carboxylic acids is 1. The van der Waals surface area contributed by atoms with Gasteiger partial charge in [0.25, 0.3) is 0 Å². The molecule has 0 radical (unpaired) electrons. The minimum Gasteiger partial charge on any atom is -0.492 e. The van der Waals surface area contributed by atoms with Gasteiger partial charge in [-0.05, 0) is 67.3 Å². The fraction of sp³-hybridized carbons (Fsp3) is 0.310. The van der Waals surface area contributed by atoms with E-state index in [0.717, 1.165) is 29.3 Å². The molecule has 1 atom stereocenters. The van der Waals surface area contributed by atoms with E-state index in [1.807, 2.05) is 0 Å². The number of halogens is 3. The lowest BCUT2D eigenvalue weighted by atomic mass is 10.1. The summed E-state index contributed by atoms with van der Waals surface area (Å²) < 4.78 is 56.2. The summed E-state index contributed by atoms with van der Waals surface area (Å²) in [4.78, 5) is 25.5. The van der Waals surface area contributed by atoms with Crippen LogP contribution in [-0.4, -0.2) is 54.5 Å². The van der Waals surface area contributed by atoms with Crippen LogP contribution in [0, 0.1) is 17.5 Å². The molecule has 0 aromatic heterocycles. The van der Waals surface area contributed by atoms with Crippen molar-refractivity contribution in [1.82, 2.24) is 4.90 Å². The quantitative estimate of drug-likeness (QED) is 0.282. The first-order chi connectivity index (χ1) is 18.7. The van der Waals surface area contributed by atoms with E-state index in [-0.39, 0.29) is 44.3 Å². The fourth-order valence-corrected chi connectivity index (χ4v) is 3.75. The minimum atomic E-state index is -1.13. The van der Waals surface area contributed by atoms with Crippen molar-refractivity contribution < 1.29 is 42.1 Å². The van der Waals surface area contributed by atoms with Crippen LogP contribution in [0.3, 0.4) is 0 Å². The third-order valence-corrected chi connectivity index (χ3v) is 5.78. The van der Waals surface area contributed by atoms with E-state index < -0.39 is 29.8 Å². The monoisotopic (exact) mass is 545 g/mol. The Morgan fingerprint density at radius 3 is 2.18 bits per heavy atom. The zero-order chi connectivity index (χ0) is 28.2. The van der Waals surface area contributed by atoms with Gasteiger partial charge in [0, 0.05) is 25.6 Å². The lowest BCUT2D eigenvalue weighted by molar-refractivity contribution is -0.149. The van der Waals surface area contributed by atoms with Crippen LogP contribution in [0.2, 0.25) is 0 Å². The minimum absolute atomic E-state index is 0.111. The number of hydrogen-bond donors (Lipinski definition) is 1. The summed E-state index contributed by atoms with van der Waals surface area (Å²) in [7, 11) is 0. The Kier molecular flexibility index (Phi) is 11.2. The van der Waals surface area contributed by atoms with Gasteiger partial charge in [0.15, 0.2) is 17.7 Å². The van der Waals surface area contributed by atoms with Crippen molar-refractivity contribution in [3.8, 4) is 11.5 Å². The van der Waals surface area contributed by atoms with Gasteiger partial charge in [-0.15, -0.1) is 0 Å². The normalized spacial score (nSPS) is 11.6.